The molecule has 1 N–H and O–H groups in total. The standard InChI is InChI=1S/C31H23F2N3O4S2/c1-34-30(37)27-22-15-21(18-6-4-7-19(14-18)31-35-28-23(33)8-5-9-26(28)41-31)24(36(2)42(3,38)39)16-25(22)40-29(27)17-10-12-20(32)13-11-17/h4-16H,1-3H3,(H,34,37). The summed E-state index contributed by atoms with van der Waals surface area (Å²) in [6.07, 6.45) is 1.09. The Labute approximate surface area is 244 Å². The van der Waals surface area contributed by atoms with Crippen LogP contribution in [0.15, 0.2) is 83.3 Å². The lowest BCUT2D eigenvalue weighted by Crippen LogP contribution is -2.25. The zero-order valence-corrected chi connectivity index (χ0v) is 24.2. The highest BCUT2D eigenvalue weighted by atomic mass is 32.2. The maximum Gasteiger partial charge on any atom is 0.255 e. The first kappa shape index (κ1) is 27.6. The Kier molecular flexibility index (Phi) is 6.78. The van der Waals surface area contributed by atoms with Crippen LogP contribution >= 0.6 is 11.3 Å². The minimum absolute atomic E-state index is 0.222. The Morgan fingerprint density at radius 1 is 0.952 bits per heavy atom. The molecule has 0 aliphatic carbocycles. The van der Waals surface area contributed by atoms with Gasteiger partial charge in [-0.15, -0.1) is 11.3 Å². The van der Waals surface area contributed by atoms with Gasteiger partial charge in [-0.1, -0.05) is 24.3 Å². The summed E-state index contributed by atoms with van der Waals surface area (Å²) in [7, 11) is -0.775. The molecule has 4 aromatic carbocycles. The fourth-order valence-corrected chi connectivity index (χ4v) is 6.30. The van der Waals surface area contributed by atoms with Gasteiger partial charge in [0, 0.05) is 42.2 Å². The average Bonchev–Trinajstić information content (AvgIpc) is 3.58. The number of anilines is 1. The van der Waals surface area contributed by atoms with Gasteiger partial charge in [0.15, 0.2) is 0 Å². The van der Waals surface area contributed by atoms with Gasteiger partial charge in [-0.2, -0.15) is 0 Å². The molecule has 0 saturated heterocycles. The highest BCUT2D eigenvalue weighted by Gasteiger charge is 2.26. The van der Waals surface area contributed by atoms with Crippen LogP contribution < -0.4 is 9.62 Å². The number of hydrogen-bond acceptors (Lipinski definition) is 6. The largest absolute Gasteiger partial charge is 0.455 e. The second-order valence-electron chi connectivity index (χ2n) is 9.67. The van der Waals surface area contributed by atoms with Gasteiger partial charge < -0.3 is 9.73 Å². The number of hydrogen-bond donors (Lipinski definition) is 1. The number of nitrogens with one attached hydrogen (secondary N) is 1. The normalized spacial score (nSPS) is 11.7. The van der Waals surface area contributed by atoms with Crippen LogP contribution in [0.4, 0.5) is 14.5 Å². The lowest BCUT2D eigenvalue weighted by Gasteiger charge is -2.21. The number of rotatable bonds is 6. The van der Waals surface area contributed by atoms with E-state index in [9.17, 15) is 22.0 Å². The predicted octanol–water partition coefficient (Wildman–Crippen LogP) is 7.08. The number of amides is 1. The minimum atomic E-state index is -3.70. The average molecular weight is 604 g/mol. The number of nitrogens with zero attached hydrogens (tertiary/aromatic N) is 2. The third-order valence-electron chi connectivity index (χ3n) is 6.99. The molecule has 1 amide bonds. The molecule has 0 aliphatic rings. The van der Waals surface area contributed by atoms with Crippen LogP contribution in [-0.2, 0) is 10.0 Å². The number of thiazole rings is 1. The van der Waals surface area contributed by atoms with E-state index in [2.05, 4.69) is 10.3 Å². The van der Waals surface area contributed by atoms with Crippen molar-refractivity contribution in [3.8, 4) is 33.0 Å². The molecule has 7 nitrogen and oxygen atoms in total. The maximum atomic E-state index is 14.4. The summed E-state index contributed by atoms with van der Waals surface area (Å²) in [5.41, 5.74) is 3.46. The minimum Gasteiger partial charge on any atom is -0.455 e. The second-order valence-corrected chi connectivity index (χ2v) is 12.7. The number of halogens is 2. The molecule has 0 fully saturated rings. The van der Waals surface area contributed by atoms with Gasteiger partial charge in [0.05, 0.1) is 22.2 Å². The zero-order valence-electron chi connectivity index (χ0n) is 22.6. The number of benzene rings is 4. The number of aromatic nitrogens is 1. The predicted molar refractivity (Wildman–Crippen MR) is 162 cm³/mol. The molecule has 212 valence electrons. The van der Waals surface area contributed by atoms with Crippen molar-refractivity contribution in [2.75, 3.05) is 24.7 Å². The van der Waals surface area contributed by atoms with E-state index in [-0.39, 0.29) is 22.4 Å². The molecule has 0 spiro atoms. The maximum absolute atomic E-state index is 14.4. The van der Waals surface area contributed by atoms with Gasteiger partial charge in [-0.3, -0.25) is 9.10 Å². The van der Waals surface area contributed by atoms with E-state index in [0.717, 1.165) is 10.6 Å². The van der Waals surface area contributed by atoms with Crippen molar-refractivity contribution in [1.29, 1.82) is 0 Å². The van der Waals surface area contributed by atoms with E-state index in [0.29, 0.717) is 43.0 Å². The molecular weight excluding hydrogens is 580 g/mol. The Morgan fingerprint density at radius 2 is 1.67 bits per heavy atom. The fourth-order valence-electron chi connectivity index (χ4n) is 4.82. The first-order valence-electron chi connectivity index (χ1n) is 12.7. The van der Waals surface area contributed by atoms with Crippen LogP contribution in [0.25, 0.3) is 54.2 Å². The summed E-state index contributed by atoms with van der Waals surface area (Å²) in [6.45, 7) is 0. The molecule has 0 atom stereocenters. The summed E-state index contributed by atoms with van der Waals surface area (Å²) in [4.78, 5) is 17.6. The molecular formula is C31H23F2N3O4S2. The molecule has 0 radical (unpaired) electrons. The molecule has 6 aromatic rings. The Balaban J connectivity index is 1.60. The van der Waals surface area contributed by atoms with Crippen LogP contribution in [0.1, 0.15) is 10.4 Å². The van der Waals surface area contributed by atoms with Gasteiger partial charge in [0.1, 0.15) is 33.5 Å². The number of furan rings is 1. The van der Waals surface area contributed by atoms with Crippen molar-refractivity contribution in [3.05, 3.63) is 96.1 Å². The molecule has 0 bridgehead atoms. The summed E-state index contributed by atoms with van der Waals surface area (Å²) >= 11 is 1.34. The molecule has 0 aliphatic heterocycles. The van der Waals surface area contributed by atoms with Crippen LogP contribution in [0, 0.1) is 11.6 Å². The number of carbonyl (C=O) groups is 1. The van der Waals surface area contributed by atoms with Crippen LogP contribution in [-0.4, -0.2) is 39.7 Å². The first-order valence-corrected chi connectivity index (χ1v) is 15.4. The summed E-state index contributed by atoms with van der Waals surface area (Å²) in [5, 5.41) is 3.68. The lowest BCUT2D eigenvalue weighted by molar-refractivity contribution is 0.0964. The van der Waals surface area contributed by atoms with E-state index < -0.39 is 27.6 Å². The monoisotopic (exact) mass is 603 g/mol. The van der Waals surface area contributed by atoms with Gasteiger partial charge in [-0.05, 0) is 54.1 Å². The lowest BCUT2D eigenvalue weighted by atomic mass is 9.97. The number of para-hydroxylation sites is 1. The first-order chi connectivity index (χ1) is 20.0. The van der Waals surface area contributed by atoms with Gasteiger partial charge >= 0.3 is 0 Å². The molecule has 42 heavy (non-hydrogen) atoms. The summed E-state index contributed by atoms with van der Waals surface area (Å²) in [5.74, 6) is -1.05. The molecule has 6 rings (SSSR count). The van der Waals surface area contributed by atoms with Crippen LogP contribution in [0.5, 0.6) is 0 Å². The SMILES string of the molecule is CNC(=O)c1c(-c2ccc(F)cc2)oc2cc(N(C)S(C)(=O)=O)c(-c3cccc(-c4nc5c(F)cccc5s4)c3)cc12. The van der Waals surface area contributed by atoms with Gasteiger partial charge in [-0.25, -0.2) is 22.2 Å². The van der Waals surface area contributed by atoms with Crippen molar-refractivity contribution < 1.29 is 26.4 Å². The topological polar surface area (TPSA) is 92.5 Å². The Bertz CT molecular complexity index is 2120. The van der Waals surface area contributed by atoms with Crippen molar-refractivity contribution in [1.82, 2.24) is 10.3 Å². The molecule has 2 heterocycles. The van der Waals surface area contributed by atoms with E-state index in [1.807, 2.05) is 18.2 Å². The van der Waals surface area contributed by atoms with Crippen LogP contribution in [0.3, 0.4) is 0 Å². The highest BCUT2D eigenvalue weighted by molar-refractivity contribution is 7.92. The van der Waals surface area contributed by atoms with Crippen molar-refractivity contribution in [2.45, 2.75) is 0 Å². The van der Waals surface area contributed by atoms with Crippen molar-refractivity contribution in [3.63, 3.8) is 0 Å². The third-order valence-corrected chi connectivity index (χ3v) is 9.26. The molecule has 11 heteroatoms. The van der Waals surface area contributed by atoms with Gasteiger partial charge in [0.25, 0.3) is 5.91 Å². The summed E-state index contributed by atoms with van der Waals surface area (Å²) < 4.78 is 61.4. The second kappa shape index (κ2) is 10.3. The molecule has 2 aromatic heterocycles. The number of sulfonamides is 1. The van der Waals surface area contributed by atoms with E-state index in [1.54, 1.807) is 30.3 Å². The summed E-state index contributed by atoms with van der Waals surface area (Å²) in [6, 6.07) is 20.9. The van der Waals surface area contributed by atoms with E-state index in [4.69, 9.17) is 4.42 Å². The quantitative estimate of drug-likeness (QED) is 0.220. The highest BCUT2D eigenvalue weighted by Crippen LogP contribution is 2.42. The molecule has 0 unspecified atom stereocenters. The zero-order chi connectivity index (χ0) is 29.8. The smallest absolute Gasteiger partial charge is 0.255 e. The van der Waals surface area contributed by atoms with E-state index >= 15 is 0 Å². The van der Waals surface area contributed by atoms with Crippen LogP contribution in [0.2, 0.25) is 0 Å². The molecule has 0 saturated carbocycles. The Morgan fingerprint density at radius 3 is 2.36 bits per heavy atom. The number of fused-ring (bicyclic) bond motifs is 2. The Hall–Kier alpha value is -4.61. The fraction of sp³-hybridized carbons (Fsp3) is 0.0968. The number of carbonyl (C=O) groups excluding carboxylic acids is 1. The van der Waals surface area contributed by atoms with E-state index in [1.165, 1.54) is 55.8 Å². The van der Waals surface area contributed by atoms with Gasteiger partial charge in [0.2, 0.25) is 10.0 Å². The van der Waals surface area contributed by atoms with Crippen molar-refractivity contribution in [2.24, 2.45) is 0 Å². The van der Waals surface area contributed by atoms with Crippen molar-refractivity contribution >= 4 is 54.1 Å². The third kappa shape index (κ3) is 4.80.